The molecule has 0 amide bonds. The van der Waals surface area contributed by atoms with E-state index in [2.05, 4.69) is 10.1 Å². The average molecular weight is 365 g/mol. The highest BCUT2D eigenvalue weighted by Crippen LogP contribution is 2.22. The van der Waals surface area contributed by atoms with Crippen LogP contribution in [0.1, 0.15) is 23.2 Å². The average Bonchev–Trinajstić information content (AvgIpc) is 2.99. The lowest BCUT2D eigenvalue weighted by molar-refractivity contribution is 0.386. The van der Waals surface area contributed by atoms with Gasteiger partial charge in [-0.1, -0.05) is 24.3 Å². The molecule has 24 heavy (non-hydrogen) atoms. The van der Waals surface area contributed by atoms with Gasteiger partial charge >= 0.3 is 0 Å². The number of thioether (sulfide) groups is 1. The van der Waals surface area contributed by atoms with E-state index in [1.807, 2.05) is 13.0 Å². The third kappa shape index (κ3) is 3.59. The molecule has 0 unspecified atom stereocenters. The molecule has 126 valence electrons. The molecule has 2 aromatic heterocycles. The van der Waals surface area contributed by atoms with E-state index in [4.69, 9.17) is 4.74 Å². The minimum Gasteiger partial charge on any atom is -0.494 e. The Hall–Kier alpha value is -1.93. The third-order valence-electron chi connectivity index (χ3n) is 3.38. The van der Waals surface area contributed by atoms with Crippen molar-refractivity contribution in [3.63, 3.8) is 0 Å². The van der Waals surface area contributed by atoms with Gasteiger partial charge in [0.2, 0.25) is 4.96 Å². The largest absolute Gasteiger partial charge is 0.494 e. The first-order chi connectivity index (χ1) is 11.6. The van der Waals surface area contributed by atoms with E-state index in [1.165, 1.54) is 35.1 Å². The lowest BCUT2D eigenvalue weighted by Gasteiger charge is -2.05. The second-order valence-electron chi connectivity index (χ2n) is 5.09. The number of halogens is 1. The van der Waals surface area contributed by atoms with Gasteiger partial charge in [-0.05, 0) is 24.1 Å². The van der Waals surface area contributed by atoms with E-state index in [1.54, 1.807) is 17.8 Å². The Kier molecular flexibility index (Phi) is 5.15. The number of hydrogen-bond acceptors (Lipinski definition) is 6. The maximum absolute atomic E-state index is 13.7. The van der Waals surface area contributed by atoms with Gasteiger partial charge in [-0.2, -0.15) is 21.4 Å². The minimum atomic E-state index is -0.370. The Morgan fingerprint density at radius 3 is 2.88 bits per heavy atom. The van der Waals surface area contributed by atoms with Crippen molar-refractivity contribution < 1.29 is 9.13 Å². The molecule has 0 N–H and O–H groups in total. The first-order valence-corrected chi connectivity index (χ1v) is 9.36. The molecule has 0 radical (unpaired) electrons. The van der Waals surface area contributed by atoms with Crippen molar-refractivity contribution in [2.75, 3.05) is 7.11 Å². The molecule has 1 aromatic carbocycles. The molecule has 2 heterocycles. The first kappa shape index (κ1) is 16.9. The Balaban J connectivity index is 1.69. The molecule has 0 aliphatic carbocycles. The molecule has 3 rings (SSSR count). The summed E-state index contributed by atoms with van der Waals surface area (Å²) in [6.07, 6.45) is 0.778. The molecule has 0 bridgehead atoms. The monoisotopic (exact) mass is 365 g/mol. The van der Waals surface area contributed by atoms with E-state index >= 15 is 0 Å². The molecule has 8 heteroatoms. The quantitative estimate of drug-likeness (QED) is 0.671. The zero-order valence-electron chi connectivity index (χ0n) is 13.3. The summed E-state index contributed by atoms with van der Waals surface area (Å²) >= 11 is 3.01. The van der Waals surface area contributed by atoms with Gasteiger partial charge in [0, 0.05) is 17.6 Å². The summed E-state index contributed by atoms with van der Waals surface area (Å²) in [5, 5.41) is 5.11. The molecular weight excluding hydrogens is 349 g/mol. The Morgan fingerprint density at radius 1 is 1.33 bits per heavy atom. The number of hydrogen-bond donors (Lipinski definition) is 0. The first-order valence-electron chi connectivity index (χ1n) is 7.39. The summed E-state index contributed by atoms with van der Waals surface area (Å²) in [4.78, 5) is 17.2. The van der Waals surface area contributed by atoms with Crippen molar-refractivity contribution in [3.05, 3.63) is 56.7 Å². The van der Waals surface area contributed by atoms with Gasteiger partial charge in [-0.25, -0.2) is 9.37 Å². The molecule has 0 saturated heterocycles. The predicted molar refractivity (Wildman–Crippen MR) is 94.5 cm³/mol. The van der Waals surface area contributed by atoms with Crippen molar-refractivity contribution >= 4 is 28.1 Å². The molecule has 0 aliphatic rings. The third-order valence-corrected chi connectivity index (χ3v) is 5.47. The predicted octanol–water partition coefficient (Wildman–Crippen LogP) is 3.29. The lowest BCUT2D eigenvalue weighted by Crippen LogP contribution is -2.15. The summed E-state index contributed by atoms with van der Waals surface area (Å²) in [6, 6.07) is 6.42. The second kappa shape index (κ2) is 7.31. The van der Waals surface area contributed by atoms with Gasteiger partial charge in [0.1, 0.15) is 5.01 Å². The van der Waals surface area contributed by atoms with Gasteiger partial charge in [0.05, 0.1) is 12.8 Å². The van der Waals surface area contributed by atoms with Crippen LogP contribution in [-0.2, 0) is 17.9 Å². The SMILES string of the molecule is CCc1nn2c(=O)cc(CSCc3ccc(OC)c(F)c3)nc2s1. The maximum Gasteiger partial charge on any atom is 0.275 e. The molecule has 5 nitrogen and oxygen atoms in total. The molecule has 0 spiro atoms. The Morgan fingerprint density at radius 2 is 2.17 bits per heavy atom. The molecule has 0 atom stereocenters. The van der Waals surface area contributed by atoms with Gasteiger partial charge < -0.3 is 4.74 Å². The number of ether oxygens (including phenoxy) is 1. The second-order valence-corrected chi connectivity index (χ2v) is 7.12. The molecule has 0 fully saturated rings. The molecule has 3 aromatic rings. The van der Waals surface area contributed by atoms with Crippen molar-refractivity contribution in [1.82, 2.24) is 14.6 Å². The van der Waals surface area contributed by atoms with Crippen molar-refractivity contribution in [1.29, 1.82) is 0 Å². The molecule has 0 saturated carbocycles. The fraction of sp³-hybridized carbons (Fsp3) is 0.312. The number of methoxy groups -OCH3 is 1. The van der Waals surface area contributed by atoms with Crippen LogP contribution >= 0.6 is 23.1 Å². The summed E-state index contributed by atoms with van der Waals surface area (Å²) in [7, 11) is 1.44. The summed E-state index contributed by atoms with van der Waals surface area (Å²) in [6.45, 7) is 1.99. The highest BCUT2D eigenvalue weighted by atomic mass is 32.2. The van der Waals surface area contributed by atoms with Crippen molar-refractivity contribution in [2.45, 2.75) is 24.9 Å². The number of aromatic nitrogens is 3. The van der Waals surface area contributed by atoms with E-state index in [-0.39, 0.29) is 17.1 Å². The smallest absolute Gasteiger partial charge is 0.275 e. The minimum absolute atomic E-state index is 0.165. The van der Waals surface area contributed by atoms with Crippen LogP contribution in [0, 0.1) is 5.82 Å². The topological polar surface area (TPSA) is 56.5 Å². The highest BCUT2D eigenvalue weighted by Gasteiger charge is 2.09. The maximum atomic E-state index is 13.7. The van der Waals surface area contributed by atoms with Gasteiger partial charge in [0.15, 0.2) is 11.6 Å². The number of rotatable bonds is 6. The normalized spacial score (nSPS) is 11.1. The fourth-order valence-corrected chi connectivity index (χ4v) is 3.92. The summed E-state index contributed by atoms with van der Waals surface area (Å²) in [5.41, 5.74) is 1.41. The van der Waals surface area contributed by atoms with E-state index in [0.717, 1.165) is 17.0 Å². The number of fused-ring (bicyclic) bond motifs is 1. The van der Waals surface area contributed by atoms with Crippen molar-refractivity contribution in [3.8, 4) is 5.75 Å². The van der Waals surface area contributed by atoms with Crippen molar-refractivity contribution in [2.24, 2.45) is 0 Å². The Bertz CT molecular complexity index is 923. The summed E-state index contributed by atoms with van der Waals surface area (Å²) < 4.78 is 19.9. The molecule has 0 aliphatic heterocycles. The van der Waals surface area contributed by atoms with Crippen LogP contribution in [-0.4, -0.2) is 21.7 Å². The van der Waals surface area contributed by atoms with E-state index in [9.17, 15) is 9.18 Å². The van der Waals surface area contributed by atoms with Crippen LogP contribution in [0.15, 0.2) is 29.1 Å². The Labute approximate surface area is 146 Å². The standard InChI is InChI=1S/C16H16FN3O2S2/c1-3-14-19-20-15(21)7-11(18-16(20)24-14)9-23-8-10-4-5-13(22-2)12(17)6-10/h4-7H,3,8-9H2,1-2H3. The highest BCUT2D eigenvalue weighted by molar-refractivity contribution is 7.97. The van der Waals surface area contributed by atoms with Crippen LogP contribution in [0.4, 0.5) is 4.39 Å². The van der Waals surface area contributed by atoms with Crippen LogP contribution in [0.5, 0.6) is 5.75 Å². The number of benzene rings is 1. The van der Waals surface area contributed by atoms with Gasteiger partial charge in [-0.3, -0.25) is 4.79 Å². The zero-order chi connectivity index (χ0) is 17.1. The zero-order valence-corrected chi connectivity index (χ0v) is 14.9. The van der Waals surface area contributed by atoms with Crippen LogP contribution in [0.25, 0.3) is 4.96 Å². The number of aryl methyl sites for hydroxylation is 1. The van der Waals surface area contributed by atoms with E-state index in [0.29, 0.717) is 22.2 Å². The lowest BCUT2D eigenvalue weighted by atomic mass is 10.2. The van der Waals surface area contributed by atoms with Gasteiger partial charge in [-0.15, -0.1) is 0 Å². The van der Waals surface area contributed by atoms with E-state index < -0.39 is 0 Å². The summed E-state index contributed by atoms with van der Waals surface area (Å²) in [5.74, 6) is 1.08. The fourth-order valence-electron chi connectivity index (χ4n) is 2.19. The van der Waals surface area contributed by atoms with Crippen LogP contribution in [0.3, 0.4) is 0 Å². The van der Waals surface area contributed by atoms with Crippen LogP contribution < -0.4 is 10.3 Å². The molecular formula is C16H16FN3O2S2. The van der Waals surface area contributed by atoms with Crippen LogP contribution in [0.2, 0.25) is 0 Å². The van der Waals surface area contributed by atoms with Gasteiger partial charge in [0.25, 0.3) is 5.56 Å². The number of nitrogens with zero attached hydrogens (tertiary/aromatic N) is 3.